The van der Waals surface area contributed by atoms with Gasteiger partial charge in [-0.15, -0.1) is 0 Å². The quantitative estimate of drug-likeness (QED) is 0.695. The fourth-order valence-corrected chi connectivity index (χ4v) is 1.47. The minimum Gasteiger partial charge on any atom is -0.481 e. The number of hydrogen-bond acceptors (Lipinski definition) is 3. The number of carbonyl (C=O) groups is 1. The molecule has 15 heavy (non-hydrogen) atoms. The summed E-state index contributed by atoms with van der Waals surface area (Å²) in [5.41, 5.74) is 5.68. The van der Waals surface area contributed by atoms with E-state index in [1.54, 1.807) is 6.92 Å². The van der Waals surface area contributed by atoms with Crippen molar-refractivity contribution in [1.29, 1.82) is 0 Å². The molecule has 0 aromatic rings. The Morgan fingerprint density at radius 1 is 1.47 bits per heavy atom. The van der Waals surface area contributed by atoms with Crippen molar-refractivity contribution in [2.45, 2.75) is 33.7 Å². The molecule has 2 unspecified atom stereocenters. The number of rotatable bonds is 6. The first-order valence-corrected chi connectivity index (χ1v) is 5.34. The molecule has 0 fully saturated rings. The lowest BCUT2D eigenvalue weighted by molar-refractivity contribution is -0.143. The van der Waals surface area contributed by atoms with Crippen LogP contribution in [0.25, 0.3) is 0 Å². The number of nitrogens with two attached hydrogens (primary N) is 1. The Morgan fingerprint density at radius 3 is 2.27 bits per heavy atom. The summed E-state index contributed by atoms with van der Waals surface area (Å²) in [6, 6.07) is 0.0216. The van der Waals surface area contributed by atoms with Crippen molar-refractivity contribution in [1.82, 2.24) is 4.90 Å². The van der Waals surface area contributed by atoms with Gasteiger partial charge in [0.15, 0.2) is 0 Å². The topological polar surface area (TPSA) is 66.6 Å². The monoisotopic (exact) mass is 216 g/mol. The van der Waals surface area contributed by atoms with Crippen molar-refractivity contribution >= 4 is 5.97 Å². The predicted molar refractivity (Wildman–Crippen MR) is 61.7 cm³/mol. The van der Waals surface area contributed by atoms with Gasteiger partial charge in [-0.3, -0.25) is 4.79 Å². The van der Waals surface area contributed by atoms with E-state index in [4.69, 9.17) is 10.8 Å². The third-order valence-electron chi connectivity index (χ3n) is 3.04. The standard InChI is InChI=1S/C11H24N2O2/c1-8(10(14)15)9(2)13(5)7-11(3,4)6-12/h8-9H,6-7,12H2,1-5H3,(H,14,15). The van der Waals surface area contributed by atoms with Gasteiger partial charge in [0.05, 0.1) is 5.92 Å². The molecule has 2 atom stereocenters. The fraction of sp³-hybridized carbons (Fsp3) is 0.909. The first-order chi connectivity index (χ1) is 6.71. The molecule has 0 aromatic carbocycles. The first kappa shape index (κ1) is 14.4. The van der Waals surface area contributed by atoms with Crippen molar-refractivity contribution < 1.29 is 9.90 Å². The van der Waals surface area contributed by atoms with Gasteiger partial charge in [-0.05, 0) is 25.9 Å². The van der Waals surface area contributed by atoms with Gasteiger partial charge in [0, 0.05) is 12.6 Å². The summed E-state index contributed by atoms with van der Waals surface area (Å²) in [7, 11) is 1.95. The van der Waals surface area contributed by atoms with E-state index in [1.165, 1.54) is 0 Å². The van der Waals surface area contributed by atoms with Crippen LogP contribution >= 0.6 is 0 Å². The second-order valence-corrected chi connectivity index (χ2v) is 5.15. The molecular weight excluding hydrogens is 192 g/mol. The van der Waals surface area contributed by atoms with E-state index in [0.29, 0.717) is 6.54 Å². The second-order valence-electron chi connectivity index (χ2n) is 5.15. The summed E-state index contributed by atoms with van der Waals surface area (Å²) in [5.74, 6) is -1.11. The van der Waals surface area contributed by atoms with Crippen molar-refractivity contribution in [2.24, 2.45) is 17.1 Å². The SMILES string of the molecule is CC(C(=O)O)C(C)N(C)CC(C)(C)CN. The Balaban J connectivity index is 4.33. The summed E-state index contributed by atoms with van der Waals surface area (Å²) >= 11 is 0. The van der Waals surface area contributed by atoms with Crippen LogP contribution in [0, 0.1) is 11.3 Å². The normalized spacial score (nSPS) is 16.5. The van der Waals surface area contributed by atoms with Crippen LogP contribution in [0.5, 0.6) is 0 Å². The molecule has 0 radical (unpaired) electrons. The van der Waals surface area contributed by atoms with E-state index in [0.717, 1.165) is 6.54 Å². The molecule has 0 bridgehead atoms. The Labute approximate surface area is 92.4 Å². The molecule has 0 aliphatic heterocycles. The number of nitrogens with zero attached hydrogens (tertiary/aromatic N) is 1. The van der Waals surface area contributed by atoms with Crippen LogP contribution in [0.1, 0.15) is 27.7 Å². The zero-order valence-electron chi connectivity index (χ0n) is 10.4. The number of carboxylic acids is 1. The summed E-state index contributed by atoms with van der Waals surface area (Å²) in [6.07, 6.45) is 0. The summed E-state index contributed by atoms with van der Waals surface area (Å²) in [6.45, 7) is 9.25. The average molecular weight is 216 g/mol. The van der Waals surface area contributed by atoms with E-state index in [-0.39, 0.29) is 17.4 Å². The van der Waals surface area contributed by atoms with Crippen molar-refractivity contribution in [3.8, 4) is 0 Å². The van der Waals surface area contributed by atoms with Gasteiger partial charge in [0.1, 0.15) is 0 Å². The van der Waals surface area contributed by atoms with Gasteiger partial charge in [0.2, 0.25) is 0 Å². The molecule has 0 spiro atoms. The molecule has 90 valence electrons. The van der Waals surface area contributed by atoms with E-state index >= 15 is 0 Å². The number of hydrogen-bond donors (Lipinski definition) is 2. The minimum atomic E-state index is -0.750. The highest BCUT2D eigenvalue weighted by Crippen LogP contribution is 2.18. The van der Waals surface area contributed by atoms with Crippen molar-refractivity contribution in [2.75, 3.05) is 20.1 Å². The third kappa shape index (κ3) is 4.62. The van der Waals surface area contributed by atoms with Gasteiger partial charge in [-0.1, -0.05) is 20.8 Å². The lowest BCUT2D eigenvalue weighted by Crippen LogP contribution is -2.44. The molecule has 0 aromatic heterocycles. The van der Waals surface area contributed by atoms with Gasteiger partial charge >= 0.3 is 5.97 Å². The summed E-state index contributed by atoms with van der Waals surface area (Å²) < 4.78 is 0. The molecule has 0 amide bonds. The molecule has 0 aliphatic carbocycles. The fourth-order valence-electron chi connectivity index (χ4n) is 1.47. The lowest BCUT2D eigenvalue weighted by Gasteiger charge is -2.34. The van der Waals surface area contributed by atoms with Crippen molar-refractivity contribution in [3.05, 3.63) is 0 Å². The van der Waals surface area contributed by atoms with Crippen LogP contribution in [-0.4, -0.2) is 42.2 Å². The maximum absolute atomic E-state index is 10.8. The molecule has 0 saturated heterocycles. The Hall–Kier alpha value is -0.610. The minimum absolute atomic E-state index is 0.0216. The second kappa shape index (κ2) is 5.47. The Morgan fingerprint density at radius 2 is 1.93 bits per heavy atom. The molecule has 0 aliphatic rings. The molecule has 4 nitrogen and oxygen atoms in total. The predicted octanol–water partition coefficient (Wildman–Crippen LogP) is 1.01. The molecular formula is C11H24N2O2. The zero-order chi connectivity index (χ0) is 12.2. The largest absolute Gasteiger partial charge is 0.481 e. The van der Waals surface area contributed by atoms with E-state index in [9.17, 15) is 4.79 Å². The smallest absolute Gasteiger partial charge is 0.307 e. The third-order valence-corrected chi connectivity index (χ3v) is 3.04. The van der Waals surface area contributed by atoms with Gasteiger partial charge in [0.25, 0.3) is 0 Å². The Bertz CT molecular complexity index is 217. The molecule has 3 N–H and O–H groups in total. The van der Waals surface area contributed by atoms with Crippen LogP contribution in [0.15, 0.2) is 0 Å². The van der Waals surface area contributed by atoms with E-state index < -0.39 is 5.97 Å². The maximum Gasteiger partial charge on any atom is 0.307 e. The van der Waals surface area contributed by atoms with Crippen LogP contribution in [0.4, 0.5) is 0 Å². The van der Waals surface area contributed by atoms with E-state index in [2.05, 4.69) is 18.7 Å². The van der Waals surface area contributed by atoms with Crippen LogP contribution in [0.2, 0.25) is 0 Å². The van der Waals surface area contributed by atoms with E-state index in [1.807, 2.05) is 14.0 Å². The number of aliphatic carboxylic acids is 1. The van der Waals surface area contributed by atoms with Crippen molar-refractivity contribution in [3.63, 3.8) is 0 Å². The highest BCUT2D eigenvalue weighted by atomic mass is 16.4. The molecule has 4 heteroatoms. The first-order valence-electron chi connectivity index (χ1n) is 5.34. The maximum atomic E-state index is 10.8. The molecule has 0 rings (SSSR count). The summed E-state index contributed by atoms with van der Waals surface area (Å²) in [5, 5.41) is 8.91. The highest BCUT2D eigenvalue weighted by molar-refractivity contribution is 5.70. The average Bonchev–Trinajstić information content (AvgIpc) is 2.14. The van der Waals surface area contributed by atoms with Crippen LogP contribution < -0.4 is 5.73 Å². The molecule has 0 heterocycles. The molecule has 0 saturated carbocycles. The Kier molecular flexibility index (Phi) is 5.24. The van der Waals surface area contributed by atoms with Gasteiger partial charge in [-0.2, -0.15) is 0 Å². The van der Waals surface area contributed by atoms with Crippen LogP contribution in [0.3, 0.4) is 0 Å². The number of carboxylic acid groups (broad SMARTS) is 1. The van der Waals surface area contributed by atoms with Gasteiger partial charge in [-0.25, -0.2) is 0 Å². The van der Waals surface area contributed by atoms with Gasteiger partial charge < -0.3 is 15.7 Å². The lowest BCUT2D eigenvalue weighted by atomic mass is 9.91. The summed E-state index contributed by atoms with van der Waals surface area (Å²) in [4.78, 5) is 12.9. The highest BCUT2D eigenvalue weighted by Gasteiger charge is 2.26. The zero-order valence-corrected chi connectivity index (χ0v) is 10.4. The van der Waals surface area contributed by atoms with Crippen LogP contribution in [-0.2, 0) is 4.79 Å².